The van der Waals surface area contributed by atoms with Crippen molar-refractivity contribution < 1.29 is 9.18 Å². The van der Waals surface area contributed by atoms with Gasteiger partial charge in [0, 0.05) is 31.3 Å². The van der Waals surface area contributed by atoms with Crippen LogP contribution < -0.4 is 5.56 Å². The zero-order valence-corrected chi connectivity index (χ0v) is 16.6. The SMILES string of the molecule is CN(Cc1cccc(F)c1)C(=O)CCc1nc2sc3c(c2c(=O)[nH]1)CCCC3. The molecule has 1 N–H and O–H groups in total. The Morgan fingerprint density at radius 3 is 2.96 bits per heavy atom. The summed E-state index contributed by atoms with van der Waals surface area (Å²) in [6.07, 6.45) is 4.87. The minimum absolute atomic E-state index is 0.0718. The van der Waals surface area contributed by atoms with Crippen molar-refractivity contribution in [2.75, 3.05) is 7.05 Å². The molecule has 1 amide bonds. The molecule has 0 fully saturated rings. The Morgan fingerprint density at radius 2 is 2.14 bits per heavy atom. The van der Waals surface area contributed by atoms with Gasteiger partial charge in [-0.05, 0) is 48.9 Å². The molecule has 28 heavy (non-hydrogen) atoms. The highest BCUT2D eigenvalue weighted by Crippen LogP contribution is 2.33. The van der Waals surface area contributed by atoms with Gasteiger partial charge in [0.1, 0.15) is 16.5 Å². The molecule has 7 heteroatoms. The lowest BCUT2D eigenvalue weighted by Gasteiger charge is -2.17. The Morgan fingerprint density at radius 1 is 1.32 bits per heavy atom. The molecule has 2 heterocycles. The molecule has 1 aliphatic rings. The second-order valence-electron chi connectivity index (χ2n) is 7.28. The number of thiophene rings is 1. The second-order valence-corrected chi connectivity index (χ2v) is 8.37. The first-order valence-electron chi connectivity index (χ1n) is 9.53. The van der Waals surface area contributed by atoms with Gasteiger partial charge in [0.15, 0.2) is 0 Å². The average molecular weight is 399 g/mol. The van der Waals surface area contributed by atoms with Crippen LogP contribution in [0.5, 0.6) is 0 Å². The lowest BCUT2D eigenvalue weighted by molar-refractivity contribution is -0.130. The molecule has 0 spiro atoms. The maximum absolute atomic E-state index is 13.3. The Kier molecular flexibility index (Phi) is 5.26. The number of rotatable bonds is 5. The number of halogens is 1. The van der Waals surface area contributed by atoms with Crippen molar-refractivity contribution in [2.45, 2.75) is 45.1 Å². The topological polar surface area (TPSA) is 66.1 Å². The van der Waals surface area contributed by atoms with E-state index in [-0.39, 0.29) is 23.7 Å². The van der Waals surface area contributed by atoms with Crippen molar-refractivity contribution in [3.05, 3.63) is 62.3 Å². The Labute approximate surface area is 166 Å². The molecule has 1 aromatic carbocycles. The van der Waals surface area contributed by atoms with Crippen LogP contribution in [0.4, 0.5) is 4.39 Å². The third-order valence-corrected chi connectivity index (χ3v) is 6.37. The fourth-order valence-corrected chi connectivity index (χ4v) is 5.02. The van der Waals surface area contributed by atoms with Crippen LogP contribution >= 0.6 is 11.3 Å². The molecule has 2 aromatic heterocycles. The molecule has 1 aliphatic carbocycles. The number of amides is 1. The summed E-state index contributed by atoms with van der Waals surface area (Å²) < 4.78 is 13.3. The Hall–Kier alpha value is -2.54. The minimum atomic E-state index is -0.313. The smallest absolute Gasteiger partial charge is 0.259 e. The summed E-state index contributed by atoms with van der Waals surface area (Å²) in [5.41, 5.74) is 1.81. The zero-order valence-electron chi connectivity index (χ0n) is 15.8. The van der Waals surface area contributed by atoms with Crippen LogP contribution in [0.15, 0.2) is 29.1 Å². The van der Waals surface area contributed by atoms with E-state index in [1.165, 1.54) is 17.0 Å². The van der Waals surface area contributed by atoms with Crippen LogP contribution in [0.1, 0.15) is 41.1 Å². The highest BCUT2D eigenvalue weighted by molar-refractivity contribution is 7.18. The molecule has 0 bridgehead atoms. The summed E-state index contributed by atoms with van der Waals surface area (Å²) in [6, 6.07) is 6.23. The van der Waals surface area contributed by atoms with Gasteiger partial charge in [-0.1, -0.05) is 12.1 Å². The summed E-state index contributed by atoms with van der Waals surface area (Å²) in [6.45, 7) is 0.344. The monoisotopic (exact) mass is 399 g/mol. The van der Waals surface area contributed by atoms with Crippen LogP contribution in [-0.2, 0) is 30.6 Å². The van der Waals surface area contributed by atoms with Gasteiger partial charge in [0.25, 0.3) is 5.56 Å². The predicted octanol–water partition coefficient (Wildman–Crippen LogP) is 3.59. The van der Waals surface area contributed by atoms with Gasteiger partial charge in [0.05, 0.1) is 5.39 Å². The standard InChI is InChI=1S/C21H22FN3O2S/c1-25(12-13-5-4-6-14(22)11-13)18(26)10-9-17-23-20(27)19-15-7-2-3-8-16(15)28-21(19)24-17/h4-6,11H,2-3,7-10,12H2,1H3,(H,23,24,27). The number of aryl methyl sites for hydroxylation is 3. The van der Waals surface area contributed by atoms with Crippen LogP contribution in [0.3, 0.4) is 0 Å². The molecule has 3 aromatic rings. The number of carbonyl (C=O) groups excluding carboxylic acids is 1. The van der Waals surface area contributed by atoms with E-state index in [1.807, 2.05) is 0 Å². The van der Waals surface area contributed by atoms with E-state index in [1.54, 1.807) is 35.4 Å². The van der Waals surface area contributed by atoms with Gasteiger partial charge in [-0.2, -0.15) is 0 Å². The van der Waals surface area contributed by atoms with Gasteiger partial charge in [-0.25, -0.2) is 9.37 Å². The third kappa shape index (κ3) is 3.85. The van der Waals surface area contributed by atoms with E-state index in [4.69, 9.17) is 0 Å². The van der Waals surface area contributed by atoms with Crippen molar-refractivity contribution in [3.8, 4) is 0 Å². The number of fused-ring (bicyclic) bond motifs is 3. The van der Waals surface area contributed by atoms with Gasteiger partial charge in [0.2, 0.25) is 5.91 Å². The largest absolute Gasteiger partial charge is 0.341 e. The first kappa shape index (κ1) is 18.8. The number of nitrogens with zero attached hydrogens (tertiary/aromatic N) is 2. The molecule has 0 radical (unpaired) electrons. The maximum Gasteiger partial charge on any atom is 0.259 e. The minimum Gasteiger partial charge on any atom is -0.341 e. The molecule has 0 saturated carbocycles. The molecule has 0 unspecified atom stereocenters. The first-order chi connectivity index (χ1) is 13.5. The predicted molar refractivity (Wildman–Crippen MR) is 108 cm³/mol. The third-order valence-electron chi connectivity index (χ3n) is 5.18. The Bertz CT molecular complexity index is 1090. The van der Waals surface area contributed by atoms with Crippen molar-refractivity contribution in [1.82, 2.24) is 14.9 Å². The first-order valence-corrected chi connectivity index (χ1v) is 10.3. The molecule has 0 saturated heterocycles. The molecule has 146 valence electrons. The van der Waals surface area contributed by atoms with Crippen LogP contribution in [-0.4, -0.2) is 27.8 Å². The van der Waals surface area contributed by atoms with Gasteiger partial charge < -0.3 is 9.88 Å². The Balaban J connectivity index is 1.45. The number of aromatic nitrogens is 2. The number of H-pyrrole nitrogens is 1. The number of carbonyl (C=O) groups is 1. The molecular formula is C21H22FN3O2S. The molecule has 5 nitrogen and oxygen atoms in total. The van der Waals surface area contributed by atoms with E-state index in [9.17, 15) is 14.0 Å². The quantitative estimate of drug-likeness (QED) is 0.713. The highest BCUT2D eigenvalue weighted by atomic mass is 32.1. The van der Waals surface area contributed by atoms with Crippen molar-refractivity contribution in [1.29, 1.82) is 0 Å². The maximum atomic E-state index is 13.3. The normalized spacial score (nSPS) is 13.5. The fraction of sp³-hybridized carbons (Fsp3) is 0.381. The fourth-order valence-electron chi connectivity index (χ4n) is 3.74. The second kappa shape index (κ2) is 7.83. The van der Waals surface area contributed by atoms with E-state index < -0.39 is 0 Å². The van der Waals surface area contributed by atoms with Crippen LogP contribution in [0.2, 0.25) is 0 Å². The highest BCUT2D eigenvalue weighted by Gasteiger charge is 2.20. The van der Waals surface area contributed by atoms with Gasteiger partial charge in [-0.15, -0.1) is 11.3 Å². The number of hydrogen-bond donors (Lipinski definition) is 1. The zero-order chi connectivity index (χ0) is 19.7. The van der Waals surface area contributed by atoms with Crippen molar-refractivity contribution in [2.24, 2.45) is 0 Å². The van der Waals surface area contributed by atoms with Crippen molar-refractivity contribution in [3.63, 3.8) is 0 Å². The van der Waals surface area contributed by atoms with Gasteiger partial charge in [-0.3, -0.25) is 9.59 Å². The summed E-state index contributed by atoms with van der Waals surface area (Å²) in [7, 11) is 1.69. The van der Waals surface area contributed by atoms with E-state index in [0.717, 1.165) is 47.0 Å². The number of aromatic amines is 1. The van der Waals surface area contributed by atoms with Crippen LogP contribution in [0.25, 0.3) is 10.2 Å². The lowest BCUT2D eigenvalue weighted by Crippen LogP contribution is -2.27. The molecule has 0 atom stereocenters. The average Bonchev–Trinajstić information content (AvgIpc) is 3.05. The van der Waals surface area contributed by atoms with Crippen molar-refractivity contribution >= 4 is 27.5 Å². The van der Waals surface area contributed by atoms with E-state index >= 15 is 0 Å². The van der Waals surface area contributed by atoms with Crippen LogP contribution in [0, 0.1) is 5.82 Å². The van der Waals surface area contributed by atoms with Gasteiger partial charge >= 0.3 is 0 Å². The molecular weight excluding hydrogens is 377 g/mol. The summed E-state index contributed by atoms with van der Waals surface area (Å²) in [5.74, 6) is 0.160. The summed E-state index contributed by atoms with van der Waals surface area (Å²) >= 11 is 1.61. The summed E-state index contributed by atoms with van der Waals surface area (Å²) in [5, 5.41) is 0.734. The number of hydrogen-bond acceptors (Lipinski definition) is 4. The lowest BCUT2D eigenvalue weighted by atomic mass is 9.97. The number of nitrogens with one attached hydrogen (secondary N) is 1. The van der Waals surface area contributed by atoms with E-state index in [2.05, 4.69) is 9.97 Å². The molecule has 4 rings (SSSR count). The summed E-state index contributed by atoms with van der Waals surface area (Å²) in [4.78, 5) is 36.1. The molecule has 0 aliphatic heterocycles. The number of benzene rings is 1. The van der Waals surface area contributed by atoms with E-state index in [0.29, 0.717) is 18.8 Å².